The van der Waals surface area contributed by atoms with E-state index in [0.29, 0.717) is 35.5 Å². The van der Waals surface area contributed by atoms with Gasteiger partial charge in [0.15, 0.2) is 11.6 Å². The van der Waals surface area contributed by atoms with Crippen LogP contribution in [0.25, 0.3) is 0 Å². The van der Waals surface area contributed by atoms with Gasteiger partial charge in [0.2, 0.25) is 0 Å². The molecule has 2 bridgehead atoms. The fourth-order valence-electron chi connectivity index (χ4n) is 5.30. The van der Waals surface area contributed by atoms with Gasteiger partial charge in [0.25, 0.3) is 0 Å². The Kier molecular flexibility index (Phi) is 4.37. The number of aliphatic hydroxyl groups is 2. The number of hydrogen-bond acceptors (Lipinski definition) is 7. The summed E-state index contributed by atoms with van der Waals surface area (Å²) in [6.45, 7) is 10.6. The molecule has 0 aromatic carbocycles. The van der Waals surface area contributed by atoms with Gasteiger partial charge in [0.1, 0.15) is 29.3 Å². The highest BCUT2D eigenvalue weighted by molar-refractivity contribution is 5.92. The van der Waals surface area contributed by atoms with Crippen molar-refractivity contribution in [2.24, 2.45) is 17.3 Å². The van der Waals surface area contributed by atoms with E-state index in [1.54, 1.807) is 27.7 Å². The molecule has 6 atom stereocenters. The molecule has 4 rings (SSSR count). The molecule has 1 aromatic heterocycles. The Morgan fingerprint density at radius 1 is 1.14 bits per heavy atom. The minimum Gasteiger partial charge on any atom is -0.483 e. The van der Waals surface area contributed by atoms with Crippen molar-refractivity contribution in [3.63, 3.8) is 0 Å². The molecule has 0 amide bonds. The van der Waals surface area contributed by atoms with Gasteiger partial charge in [-0.25, -0.2) is 4.79 Å². The van der Waals surface area contributed by atoms with Crippen LogP contribution >= 0.6 is 0 Å². The van der Waals surface area contributed by atoms with E-state index in [4.69, 9.17) is 13.9 Å². The zero-order chi connectivity index (χ0) is 21.5. The molecule has 29 heavy (non-hydrogen) atoms. The van der Waals surface area contributed by atoms with Crippen LogP contribution in [0.15, 0.2) is 9.21 Å². The van der Waals surface area contributed by atoms with Crippen LogP contribution in [0.1, 0.15) is 57.4 Å². The lowest BCUT2D eigenvalue weighted by Crippen LogP contribution is -2.61. The molecular formula is C22H30O7. The number of aliphatic hydroxyl groups excluding tert-OH is 1. The van der Waals surface area contributed by atoms with Crippen LogP contribution in [0.3, 0.4) is 0 Å². The van der Waals surface area contributed by atoms with E-state index in [9.17, 15) is 19.8 Å². The van der Waals surface area contributed by atoms with E-state index < -0.39 is 34.6 Å². The molecule has 2 fully saturated rings. The Hall–Kier alpha value is -1.70. The molecule has 7 heteroatoms. The fraction of sp³-hybridized carbons (Fsp3) is 0.727. The first-order valence-electron chi connectivity index (χ1n) is 10.3. The molecule has 3 aliphatic heterocycles. The number of fused-ring (bicyclic) bond motifs is 4. The van der Waals surface area contributed by atoms with Crippen molar-refractivity contribution < 1.29 is 28.9 Å². The lowest BCUT2D eigenvalue weighted by atomic mass is 9.66. The van der Waals surface area contributed by atoms with Crippen LogP contribution in [0.5, 0.6) is 5.75 Å². The summed E-state index contributed by atoms with van der Waals surface area (Å²) in [5.41, 5.74) is -1.56. The van der Waals surface area contributed by atoms with E-state index in [1.165, 1.54) is 0 Å². The molecule has 1 aromatic rings. The van der Waals surface area contributed by atoms with Crippen molar-refractivity contribution in [1.29, 1.82) is 0 Å². The standard InChI is InChI=1S/C22H30O7/c1-10-7-8-22(26)20(4,5)17(23)16(29-22)18(24)21(6)14(10)9-13-15(28-21)11(2)12(3)27-19(13)25/h10,14,16,18,24,26H,7-9H2,1-6H3/t10-,14+,16+,18+,21-,22+/m0/s1. The topological polar surface area (TPSA) is 106 Å². The van der Waals surface area contributed by atoms with Gasteiger partial charge < -0.3 is 24.1 Å². The zero-order valence-corrected chi connectivity index (χ0v) is 17.9. The van der Waals surface area contributed by atoms with Crippen molar-refractivity contribution >= 4 is 5.78 Å². The second kappa shape index (κ2) is 6.15. The monoisotopic (exact) mass is 406 g/mol. The molecule has 0 unspecified atom stereocenters. The second-order valence-corrected chi connectivity index (χ2v) is 9.75. The van der Waals surface area contributed by atoms with E-state index >= 15 is 0 Å². The number of carbonyl (C=O) groups excluding carboxylic acids is 1. The van der Waals surface area contributed by atoms with Crippen LogP contribution in [-0.2, 0) is 16.0 Å². The molecule has 0 radical (unpaired) electrons. The van der Waals surface area contributed by atoms with Gasteiger partial charge in [-0.1, -0.05) is 6.92 Å². The molecule has 0 saturated carbocycles. The molecule has 160 valence electrons. The molecule has 3 aliphatic rings. The Morgan fingerprint density at radius 3 is 2.45 bits per heavy atom. The second-order valence-electron chi connectivity index (χ2n) is 9.75. The van der Waals surface area contributed by atoms with Gasteiger partial charge in [0.05, 0.1) is 11.0 Å². The molecule has 2 saturated heterocycles. The third-order valence-corrected chi connectivity index (χ3v) is 7.79. The summed E-state index contributed by atoms with van der Waals surface area (Å²) in [7, 11) is 0. The summed E-state index contributed by atoms with van der Waals surface area (Å²) in [5, 5.41) is 22.5. The summed E-state index contributed by atoms with van der Waals surface area (Å²) in [6, 6.07) is 0. The minimum atomic E-state index is -1.65. The SMILES string of the molecule is Cc1oc(=O)c2c(c1C)O[C@]1(C)[C@H](O)[C@@H]3O[C@](O)(CC[C@H](C)[C@H]1C2)C(C)(C)C3=O. The molecule has 0 aliphatic carbocycles. The van der Waals surface area contributed by atoms with Gasteiger partial charge in [-0.05, 0) is 53.4 Å². The lowest BCUT2D eigenvalue weighted by molar-refractivity contribution is -0.252. The number of rotatable bonds is 0. The van der Waals surface area contributed by atoms with Crippen LogP contribution in [-0.4, -0.2) is 39.6 Å². The number of hydrogen-bond donors (Lipinski definition) is 2. The van der Waals surface area contributed by atoms with E-state index in [-0.39, 0.29) is 24.0 Å². The van der Waals surface area contributed by atoms with Crippen molar-refractivity contribution in [1.82, 2.24) is 0 Å². The zero-order valence-electron chi connectivity index (χ0n) is 17.9. The average Bonchev–Trinajstić information content (AvgIpc) is 2.84. The summed E-state index contributed by atoms with van der Waals surface area (Å²) in [4.78, 5) is 25.6. The molecule has 0 spiro atoms. The highest BCUT2D eigenvalue weighted by atomic mass is 16.7. The Balaban J connectivity index is 1.87. The number of aryl methyl sites for hydroxylation is 1. The summed E-state index contributed by atoms with van der Waals surface area (Å²) in [5.74, 6) is -1.35. The highest BCUT2D eigenvalue weighted by Crippen LogP contribution is 2.52. The highest BCUT2D eigenvalue weighted by Gasteiger charge is 2.66. The molecule has 4 heterocycles. The van der Waals surface area contributed by atoms with E-state index in [2.05, 4.69) is 0 Å². The fourth-order valence-corrected chi connectivity index (χ4v) is 5.30. The Bertz CT molecular complexity index is 932. The first-order valence-corrected chi connectivity index (χ1v) is 10.3. The summed E-state index contributed by atoms with van der Waals surface area (Å²) in [6.07, 6.45) is -1.31. The van der Waals surface area contributed by atoms with Crippen LogP contribution in [0, 0.1) is 31.1 Å². The normalized spacial score (nSPS) is 40.9. The van der Waals surface area contributed by atoms with E-state index in [0.717, 1.165) is 0 Å². The number of ether oxygens (including phenoxy) is 2. The maximum atomic E-state index is 13.1. The quantitative estimate of drug-likeness (QED) is 0.679. The lowest BCUT2D eigenvalue weighted by Gasteiger charge is -2.48. The first kappa shape index (κ1) is 20.6. The third kappa shape index (κ3) is 2.60. The largest absolute Gasteiger partial charge is 0.483 e. The number of carbonyl (C=O) groups is 1. The Morgan fingerprint density at radius 2 is 1.79 bits per heavy atom. The summed E-state index contributed by atoms with van der Waals surface area (Å²) >= 11 is 0. The molecular weight excluding hydrogens is 376 g/mol. The van der Waals surface area contributed by atoms with E-state index in [1.807, 2.05) is 13.8 Å². The van der Waals surface area contributed by atoms with Gasteiger partial charge >= 0.3 is 5.63 Å². The molecule has 7 nitrogen and oxygen atoms in total. The number of ketones is 1. The Labute approximate surface area is 170 Å². The minimum absolute atomic E-state index is 0.00156. The third-order valence-electron chi connectivity index (χ3n) is 7.79. The molecule has 2 N–H and O–H groups in total. The first-order chi connectivity index (χ1) is 13.3. The van der Waals surface area contributed by atoms with Crippen molar-refractivity contribution in [2.45, 2.75) is 84.4 Å². The number of Topliss-reactive ketones (excluding diaryl/α,β-unsaturated/α-hetero) is 1. The van der Waals surface area contributed by atoms with Crippen LogP contribution in [0.4, 0.5) is 0 Å². The smallest absolute Gasteiger partial charge is 0.342 e. The maximum absolute atomic E-state index is 13.1. The predicted molar refractivity (Wildman–Crippen MR) is 104 cm³/mol. The van der Waals surface area contributed by atoms with Gasteiger partial charge in [0, 0.05) is 17.9 Å². The average molecular weight is 406 g/mol. The van der Waals surface area contributed by atoms with Crippen LogP contribution < -0.4 is 10.4 Å². The van der Waals surface area contributed by atoms with Crippen molar-refractivity contribution in [3.05, 3.63) is 27.3 Å². The maximum Gasteiger partial charge on any atom is 0.342 e. The van der Waals surface area contributed by atoms with Crippen molar-refractivity contribution in [3.8, 4) is 5.75 Å². The van der Waals surface area contributed by atoms with Gasteiger partial charge in [-0.3, -0.25) is 4.79 Å². The van der Waals surface area contributed by atoms with Crippen molar-refractivity contribution in [2.75, 3.05) is 0 Å². The summed E-state index contributed by atoms with van der Waals surface area (Å²) < 4.78 is 17.6. The van der Waals surface area contributed by atoms with Gasteiger partial charge in [-0.2, -0.15) is 0 Å². The predicted octanol–water partition coefficient (Wildman–Crippen LogP) is 2.04. The van der Waals surface area contributed by atoms with Gasteiger partial charge in [-0.15, -0.1) is 0 Å². The van der Waals surface area contributed by atoms with Crippen LogP contribution in [0.2, 0.25) is 0 Å².